The van der Waals surface area contributed by atoms with E-state index in [2.05, 4.69) is 5.32 Å². The van der Waals surface area contributed by atoms with Gasteiger partial charge in [0.05, 0.1) is 10.5 Å². The van der Waals surface area contributed by atoms with E-state index in [1.165, 1.54) is 13.0 Å². The number of hydrogen-bond acceptors (Lipinski definition) is 5. The third-order valence-corrected chi connectivity index (χ3v) is 7.10. The maximum absolute atomic E-state index is 13.9. The molecule has 0 bridgehead atoms. The van der Waals surface area contributed by atoms with Crippen LogP contribution in [0.2, 0.25) is 0 Å². The Morgan fingerprint density at radius 3 is 2.46 bits per heavy atom. The van der Waals surface area contributed by atoms with Gasteiger partial charge in [-0.05, 0) is 56.3 Å². The highest BCUT2D eigenvalue weighted by Crippen LogP contribution is 2.37. The van der Waals surface area contributed by atoms with Gasteiger partial charge in [0.15, 0.2) is 15.6 Å². The van der Waals surface area contributed by atoms with Gasteiger partial charge in [-0.25, -0.2) is 12.8 Å². The predicted octanol–water partition coefficient (Wildman–Crippen LogP) is 1.40. The summed E-state index contributed by atoms with van der Waals surface area (Å²) in [5, 5.41) is 3.35. The minimum Gasteiger partial charge on any atom is -0.342 e. The van der Waals surface area contributed by atoms with E-state index in [0.29, 0.717) is 13.1 Å². The summed E-state index contributed by atoms with van der Waals surface area (Å²) < 4.78 is 38.8. The van der Waals surface area contributed by atoms with E-state index in [1.807, 2.05) is 0 Å². The largest absolute Gasteiger partial charge is 0.342 e. The maximum atomic E-state index is 13.9. The summed E-state index contributed by atoms with van der Waals surface area (Å²) in [4.78, 5) is 25.0. The number of halogens is 1. The number of likely N-dealkylation sites (tertiary alicyclic amines) is 1. The molecule has 1 N–H and O–H groups in total. The number of benzene rings is 1. The normalized spacial score (nSPS) is 19.7. The fourth-order valence-corrected chi connectivity index (χ4v) is 5.00. The van der Waals surface area contributed by atoms with Gasteiger partial charge in [0.25, 0.3) is 0 Å². The molecule has 1 amide bonds. The third-order valence-electron chi connectivity index (χ3n) is 5.50. The number of rotatable bonds is 4. The lowest BCUT2D eigenvalue weighted by atomic mass is 9.78. The Balaban J connectivity index is 1.67. The number of amides is 1. The zero-order chi connectivity index (χ0) is 18.9. The zero-order valence-corrected chi connectivity index (χ0v) is 15.6. The Kier molecular flexibility index (Phi) is 5.16. The number of ketones is 1. The van der Waals surface area contributed by atoms with Gasteiger partial charge in [0.2, 0.25) is 5.91 Å². The first kappa shape index (κ1) is 19.0. The molecule has 8 heteroatoms. The van der Waals surface area contributed by atoms with Crippen LogP contribution in [-0.4, -0.2) is 56.9 Å². The smallest absolute Gasteiger partial charge is 0.238 e. The summed E-state index contributed by atoms with van der Waals surface area (Å²) in [5.41, 5.74) is 0.0724. The van der Waals surface area contributed by atoms with Crippen LogP contribution in [0.4, 0.5) is 4.39 Å². The molecule has 0 saturated carbocycles. The highest BCUT2D eigenvalue weighted by atomic mass is 32.2. The van der Waals surface area contributed by atoms with Gasteiger partial charge in [-0.1, -0.05) is 0 Å². The summed E-state index contributed by atoms with van der Waals surface area (Å²) in [6.07, 6.45) is 2.83. The molecular formula is C18H23FN2O4S. The number of carbonyl (C=O) groups is 2. The lowest BCUT2D eigenvalue weighted by molar-refractivity contribution is -0.130. The molecule has 26 heavy (non-hydrogen) atoms. The highest BCUT2D eigenvalue weighted by molar-refractivity contribution is 7.92. The highest BCUT2D eigenvalue weighted by Gasteiger charge is 2.38. The monoisotopic (exact) mass is 382 g/mol. The molecule has 2 aliphatic heterocycles. The van der Waals surface area contributed by atoms with Crippen LogP contribution in [-0.2, 0) is 14.6 Å². The lowest BCUT2D eigenvalue weighted by Gasteiger charge is -2.38. The summed E-state index contributed by atoms with van der Waals surface area (Å²) in [6.45, 7) is 4.25. The first-order valence-corrected chi connectivity index (χ1v) is 10.4. The van der Waals surface area contributed by atoms with Crippen LogP contribution in [0, 0.1) is 11.2 Å². The number of sulfone groups is 1. The lowest BCUT2D eigenvalue weighted by Crippen LogP contribution is -2.45. The van der Waals surface area contributed by atoms with E-state index in [0.717, 1.165) is 44.5 Å². The average Bonchev–Trinajstić information content (AvgIpc) is 3.02. The van der Waals surface area contributed by atoms with E-state index in [1.54, 1.807) is 4.90 Å². The first-order chi connectivity index (χ1) is 12.2. The van der Waals surface area contributed by atoms with Crippen LogP contribution in [0.3, 0.4) is 0 Å². The van der Waals surface area contributed by atoms with Crippen LogP contribution >= 0.6 is 0 Å². The molecule has 2 heterocycles. The van der Waals surface area contributed by atoms with E-state index >= 15 is 0 Å². The Hall–Kier alpha value is -1.80. The molecule has 0 radical (unpaired) electrons. The zero-order valence-electron chi connectivity index (χ0n) is 14.8. The molecule has 0 aliphatic carbocycles. The van der Waals surface area contributed by atoms with Crippen molar-refractivity contribution in [2.45, 2.75) is 31.1 Å². The topological polar surface area (TPSA) is 83.5 Å². The molecule has 1 spiro atoms. The van der Waals surface area contributed by atoms with Crippen molar-refractivity contribution in [1.82, 2.24) is 10.2 Å². The van der Waals surface area contributed by atoms with Crippen LogP contribution < -0.4 is 5.32 Å². The Bertz CT molecular complexity index is 822. The van der Waals surface area contributed by atoms with Crippen molar-refractivity contribution in [2.75, 3.05) is 31.9 Å². The van der Waals surface area contributed by atoms with Gasteiger partial charge in [-0.15, -0.1) is 0 Å². The van der Waals surface area contributed by atoms with E-state index in [4.69, 9.17) is 0 Å². The maximum Gasteiger partial charge on any atom is 0.238 e. The van der Waals surface area contributed by atoms with Crippen molar-refractivity contribution >= 4 is 21.5 Å². The molecule has 0 aromatic heterocycles. The van der Waals surface area contributed by atoms with Gasteiger partial charge >= 0.3 is 0 Å². The molecule has 3 rings (SSSR count). The molecule has 2 aliphatic rings. The molecular weight excluding hydrogens is 359 g/mol. The fourth-order valence-electron chi connectivity index (χ4n) is 3.76. The number of carbonyl (C=O) groups excluding carboxylic acids is 2. The van der Waals surface area contributed by atoms with Crippen molar-refractivity contribution in [3.63, 3.8) is 0 Å². The van der Waals surface area contributed by atoms with Crippen molar-refractivity contribution in [2.24, 2.45) is 5.41 Å². The molecule has 142 valence electrons. The summed E-state index contributed by atoms with van der Waals surface area (Å²) in [7, 11) is -3.96. The standard InChI is InChI=1S/C18H23FN2O4S/c1-13(22)15-3-2-14(10-16(15)19)26(24,25)11-17(23)21-8-5-18(6-9-21)4-7-20-12-18/h2-3,10,20H,4-9,11-12H2,1H3. The average molecular weight is 382 g/mol. The second-order valence-electron chi connectivity index (χ2n) is 7.26. The molecule has 0 unspecified atom stereocenters. The Labute approximate surface area is 152 Å². The number of hydrogen-bond donors (Lipinski definition) is 1. The van der Waals surface area contributed by atoms with Crippen molar-refractivity contribution in [1.29, 1.82) is 0 Å². The van der Waals surface area contributed by atoms with E-state index < -0.39 is 33.1 Å². The summed E-state index contributed by atoms with van der Waals surface area (Å²) in [5.74, 6) is -2.51. The van der Waals surface area contributed by atoms with Gasteiger partial charge < -0.3 is 10.2 Å². The first-order valence-electron chi connectivity index (χ1n) is 8.74. The van der Waals surface area contributed by atoms with Crippen LogP contribution in [0.1, 0.15) is 36.5 Å². The van der Waals surface area contributed by atoms with Crippen LogP contribution in [0.15, 0.2) is 23.1 Å². The molecule has 1 aromatic rings. The van der Waals surface area contributed by atoms with Crippen molar-refractivity contribution in [3.05, 3.63) is 29.6 Å². The summed E-state index contributed by atoms with van der Waals surface area (Å²) in [6, 6.07) is 3.14. The molecule has 2 fully saturated rings. The van der Waals surface area contributed by atoms with Crippen molar-refractivity contribution in [3.8, 4) is 0 Å². The predicted molar refractivity (Wildman–Crippen MR) is 94.2 cm³/mol. The van der Waals surface area contributed by atoms with Crippen molar-refractivity contribution < 1.29 is 22.4 Å². The number of nitrogens with one attached hydrogen (secondary N) is 1. The quantitative estimate of drug-likeness (QED) is 0.796. The second kappa shape index (κ2) is 7.08. The number of nitrogens with zero attached hydrogens (tertiary/aromatic N) is 1. The minimum absolute atomic E-state index is 0.165. The van der Waals surface area contributed by atoms with Gasteiger partial charge in [-0.3, -0.25) is 9.59 Å². The molecule has 6 nitrogen and oxygen atoms in total. The summed E-state index contributed by atoms with van der Waals surface area (Å²) >= 11 is 0. The second-order valence-corrected chi connectivity index (χ2v) is 9.25. The van der Waals surface area contributed by atoms with Gasteiger partial charge in [0.1, 0.15) is 11.6 Å². The SMILES string of the molecule is CC(=O)c1ccc(S(=O)(=O)CC(=O)N2CCC3(CCNC3)CC2)cc1F. The Morgan fingerprint density at radius 2 is 1.92 bits per heavy atom. The van der Waals surface area contributed by atoms with Crippen LogP contribution in [0.5, 0.6) is 0 Å². The van der Waals surface area contributed by atoms with Gasteiger partial charge in [0, 0.05) is 19.6 Å². The third kappa shape index (κ3) is 3.81. The molecule has 1 aromatic carbocycles. The fraction of sp³-hybridized carbons (Fsp3) is 0.556. The number of Topliss-reactive ketones (excluding diaryl/α,β-unsaturated/α-hetero) is 1. The number of piperidine rings is 1. The van der Waals surface area contributed by atoms with Crippen LogP contribution in [0.25, 0.3) is 0 Å². The molecule has 2 saturated heterocycles. The van der Waals surface area contributed by atoms with Gasteiger partial charge in [-0.2, -0.15) is 0 Å². The van der Waals surface area contributed by atoms with E-state index in [9.17, 15) is 22.4 Å². The van der Waals surface area contributed by atoms with E-state index in [-0.39, 0.29) is 15.9 Å². The Morgan fingerprint density at radius 1 is 1.23 bits per heavy atom. The molecule has 0 atom stereocenters. The minimum atomic E-state index is -3.96.